The minimum atomic E-state index is -3.68. The van der Waals surface area contributed by atoms with Crippen LogP contribution in [0, 0.1) is 10.1 Å². The summed E-state index contributed by atoms with van der Waals surface area (Å²) in [6.07, 6.45) is -1.02. The first kappa shape index (κ1) is 22.8. The van der Waals surface area contributed by atoms with E-state index in [-0.39, 0.29) is 25.4 Å². The van der Waals surface area contributed by atoms with E-state index in [4.69, 9.17) is 4.74 Å². The first-order valence-electron chi connectivity index (χ1n) is 8.03. The fourth-order valence-corrected chi connectivity index (χ4v) is 2.39. The molecular weight excluding hydrogens is 380 g/mol. The first-order valence-corrected chi connectivity index (χ1v) is 9.85. The molecule has 0 fully saturated rings. The number of aliphatic hydroxyl groups excluding tert-OH is 1. The van der Waals surface area contributed by atoms with Crippen LogP contribution in [0.15, 0.2) is 24.3 Å². The topological polar surface area (TPSA) is 136 Å². The van der Waals surface area contributed by atoms with Crippen molar-refractivity contribution in [2.75, 3.05) is 26.0 Å². The number of benzene rings is 1. The number of amides is 1. The molecule has 0 aliphatic rings. The average molecular weight is 404 g/mol. The van der Waals surface area contributed by atoms with E-state index < -0.39 is 32.8 Å². The maximum Gasteiger partial charge on any atom is 0.410 e. The third-order valence-corrected chi connectivity index (χ3v) is 3.79. The van der Waals surface area contributed by atoms with Crippen molar-refractivity contribution in [2.24, 2.45) is 0 Å². The molecule has 0 radical (unpaired) electrons. The number of hydrogen-bond donors (Lipinski definition) is 1. The molecule has 152 valence electrons. The number of carbonyl (C=O) groups is 1. The van der Waals surface area contributed by atoms with Crippen molar-refractivity contribution in [3.63, 3.8) is 0 Å². The van der Waals surface area contributed by atoms with Crippen LogP contribution in [0.2, 0.25) is 0 Å². The van der Waals surface area contributed by atoms with Gasteiger partial charge in [-0.3, -0.25) is 14.3 Å². The van der Waals surface area contributed by atoms with Crippen LogP contribution in [0.25, 0.3) is 0 Å². The minimum Gasteiger partial charge on any atom is -0.444 e. The monoisotopic (exact) mass is 404 g/mol. The van der Waals surface area contributed by atoms with E-state index in [1.54, 1.807) is 20.8 Å². The zero-order chi connectivity index (χ0) is 20.8. The highest BCUT2D eigenvalue weighted by Crippen LogP contribution is 2.20. The number of non-ortho nitro benzene ring substituents is 1. The van der Waals surface area contributed by atoms with Gasteiger partial charge in [0.25, 0.3) is 15.8 Å². The second-order valence-corrected chi connectivity index (χ2v) is 8.46. The summed E-state index contributed by atoms with van der Waals surface area (Å²) in [5, 5.41) is 21.0. The molecule has 0 aromatic heterocycles. The van der Waals surface area contributed by atoms with Crippen molar-refractivity contribution in [3.05, 3.63) is 39.9 Å². The lowest BCUT2D eigenvalue weighted by molar-refractivity contribution is -0.384. The van der Waals surface area contributed by atoms with Crippen LogP contribution in [0.1, 0.15) is 32.4 Å². The lowest BCUT2D eigenvalue weighted by Crippen LogP contribution is -2.41. The minimum absolute atomic E-state index is 0.128. The molecule has 0 unspecified atom stereocenters. The lowest BCUT2D eigenvalue weighted by Gasteiger charge is -2.28. The van der Waals surface area contributed by atoms with Crippen molar-refractivity contribution in [3.8, 4) is 0 Å². The largest absolute Gasteiger partial charge is 0.444 e. The number of ether oxygens (including phenoxy) is 1. The summed E-state index contributed by atoms with van der Waals surface area (Å²) in [5.74, 6) is 0. The molecule has 0 aliphatic carbocycles. The molecule has 0 spiro atoms. The molecule has 1 N–H and O–H groups in total. The van der Waals surface area contributed by atoms with E-state index in [1.807, 2.05) is 0 Å². The maximum atomic E-state index is 12.3. The molecule has 1 aromatic carbocycles. The van der Waals surface area contributed by atoms with E-state index in [1.165, 1.54) is 24.3 Å². The zero-order valence-corrected chi connectivity index (χ0v) is 16.4. The van der Waals surface area contributed by atoms with Gasteiger partial charge in [0.1, 0.15) is 5.60 Å². The molecule has 0 heterocycles. The van der Waals surface area contributed by atoms with Crippen LogP contribution in [0.4, 0.5) is 10.5 Å². The molecule has 1 rings (SSSR count). The first-order chi connectivity index (χ1) is 12.3. The number of nitrogens with zero attached hydrogens (tertiary/aromatic N) is 2. The van der Waals surface area contributed by atoms with E-state index >= 15 is 0 Å². The van der Waals surface area contributed by atoms with Gasteiger partial charge in [0, 0.05) is 18.7 Å². The highest BCUT2D eigenvalue weighted by atomic mass is 32.2. The van der Waals surface area contributed by atoms with Gasteiger partial charge < -0.3 is 14.7 Å². The van der Waals surface area contributed by atoms with Gasteiger partial charge in [0.05, 0.1) is 30.4 Å². The second kappa shape index (κ2) is 9.11. The van der Waals surface area contributed by atoms with Gasteiger partial charge in [-0.2, -0.15) is 8.42 Å². The summed E-state index contributed by atoms with van der Waals surface area (Å²) in [7, 11) is -3.68. The smallest absolute Gasteiger partial charge is 0.410 e. The Morgan fingerprint density at radius 1 is 1.30 bits per heavy atom. The van der Waals surface area contributed by atoms with Crippen molar-refractivity contribution in [1.29, 1.82) is 0 Å². The quantitative estimate of drug-likeness (QED) is 0.394. The zero-order valence-electron chi connectivity index (χ0n) is 15.6. The third-order valence-electron chi connectivity index (χ3n) is 3.19. The Hall–Kier alpha value is -2.24. The molecule has 27 heavy (non-hydrogen) atoms. The van der Waals surface area contributed by atoms with Crippen LogP contribution in [-0.2, 0) is 19.0 Å². The van der Waals surface area contributed by atoms with Crippen molar-refractivity contribution in [2.45, 2.75) is 32.5 Å². The van der Waals surface area contributed by atoms with Crippen LogP contribution in [0.3, 0.4) is 0 Å². The maximum absolute atomic E-state index is 12.3. The summed E-state index contributed by atoms with van der Waals surface area (Å²) in [6.45, 7) is 4.37. The van der Waals surface area contributed by atoms with E-state index in [2.05, 4.69) is 4.18 Å². The Kier molecular flexibility index (Phi) is 7.69. The number of nitro groups is 1. The Bertz CT molecular complexity index is 756. The average Bonchev–Trinajstić information content (AvgIpc) is 2.51. The summed E-state index contributed by atoms with van der Waals surface area (Å²) >= 11 is 0. The van der Waals surface area contributed by atoms with Crippen molar-refractivity contribution >= 4 is 21.9 Å². The summed E-state index contributed by atoms with van der Waals surface area (Å²) in [6, 6.07) is 5.23. The molecule has 1 aromatic rings. The number of rotatable bonds is 8. The Morgan fingerprint density at radius 3 is 2.30 bits per heavy atom. The Morgan fingerprint density at radius 2 is 1.85 bits per heavy atom. The Labute approximate surface area is 158 Å². The van der Waals surface area contributed by atoms with Gasteiger partial charge in [-0.05, 0) is 38.5 Å². The molecule has 11 heteroatoms. The predicted octanol–water partition coefficient (Wildman–Crippen LogP) is 1.84. The lowest BCUT2D eigenvalue weighted by atomic mass is 10.1. The fraction of sp³-hybridized carbons (Fsp3) is 0.562. The van der Waals surface area contributed by atoms with E-state index in [9.17, 15) is 28.4 Å². The molecule has 0 bridgehead atoms. The van der Waals surface area contributed by atoms with Crippen LogP contribution < -0.4 is 0 Å². The van der Waals surface area contributed by atoms with Gasteiger partial charge in [0.2, 0.25) is 0 Å². The predicted molar refractivity (Wildman–Crippen MR) is 96.7 cm³/mol. The van der Waals surface area contributed by atoms with E-state index in [0.717, 1.165) is 11.2 Å². The molecule has 0 aliphatic heterocycles. The number of aliphatic hydroxyl groups is 1. The third kappa shape index (κ3) is 8.80. The van der Waals surface area contributed by atoms with Crippen LogP contribution in [0.5, 0.6) is 0 Å². The standard InChI is InChI=1S/C16H24N2O8S/c1-16(2,3)26-15(20)17(9-10-25-27(4,23)24)11-14(19)12-5-7-13(8-6-12)18(21)22/h5-8,14,19H,9-11H2,1-4H3/t14-/m1/s1. The van der Waals surface area contributed by atoms with Gasteiger partial charge in [-0.25, -0.2) is 4.79 Å². The molecule has 1 amide bonds. The molecule has 0 saturated carbocycles. The van der Waals surface area contributed by atoms with Crippen LogP contribution in [-0.4, -0.2) is 61.0 Å². The fourth-order valence-electron chi connectivity index (χ4n) is 2.01. The molecule has 10 nitrogen and oxygen atoms in total. The van der Waals surface area contributed by atoms with E-state index in [0.29, 0.717) is 5.56 Å². The normalized spacial score (nSPS) is 13.1. The van der Waals surface area contributed by atoms with Crippen molar-refractivity contribution < 1.29 is 32.2 Å². The SMILES string of the molecule is CC(C)(C)OC(=O)N(CCOS(C)(=O)=O)C[C@@H](O)c1ccc([N+](=O)[O-])cc1. The van der Waals surface area contributed by atoms with Gasteiger partial charge in [-0.15, -0.1) is 0 Å². The highest BCUT2D eigenvalue weighted by Gasteiger charge is 2.25. The number of hydrogen-bond acceptors (Lipinski definition) is 8. The van der Waals surface area contributed by atoms with Gasteiger partial charge in [0.15, 0.2) is 0 Å². The summed E-state index contributed by atoms with van der Waals surface area (Å²) < 4.78 is 32.0. The summed E-state index contributed by atoms with van der Waals surface area (Å²) in [4.78, 5) is 23.6. The van der Waals surface area contributed by atoms with Gasteiger partial charge in [-0.1, -0.05) is 0 Å². The molecule has 1 atom stereocenters. The Balaban J connectivity index is 2.86. The highest BCUT2D eigenvalue weighted by molar-refractivity contribution is 7.85. The van der Waals surface area contributed by atoms with Crippen LogP contribution >= 0.6 is 0 Å². The second-order valence-electron chi connectivity index (χ2n) is 6.82. The van der Waals surface area contributed by atoms with Crippen molar-refractivity contribution in [1.82, 2.24) is 4.90 Å². The number of nitro benzene ring substituents is 1. The number of carbonyl (C=O) groups excluding carboxylic acids is 1. The summed E-state index contributed by atoms with van der Waals surface area (Å²) in [5.41, 5.74) is -0.555. The van der Waals surface area contributed by atoms with Gasteiger partial charge >= 0.3 is 6.09 Å². The molecule has 0 saturated heterocycles. The molecular formula is C16H24N2O8S.